The predicted molar refractivity (Wildman–Crippen MR) is 76.4 cm³/mol. The van der Waals surface area contributed by atoms with Gasteiger partial charge in [-0.1, -0.05) is 30.3 Å². The average Bonchev–Trinajstić information content (AvgIpc) is 2.53. The molecule has 0 aromatic heterocycles. The third-order valence-corrected chi connectivity index (χ3v) is 2.56. The lowest BCUT2D eigenvalue weighted by atomic mass is 10.2. The molecule has 0 radical (unpaired) electrons. The highest BCUT2D eigenvalue weighted by molar-refractivity contribution is 5.87. The first-order valence-electron chi connectivity index (χ1n) is 6.57. The number of carbonyl (C=O) groups is 1. The summed E-state index contributed by atoms with van der Waals surface area (Å²) in [6, 6.07) is 9.28. The summed E-state index contributed by atoms with van der Waals surface area (Å²) < 4.78 is 10.0. The maximum absolute atomic E-state index is 11.5. The van der Waals surface area contributed by atoms with Gasteiger partial charge in [0.25, 0.3) is 0 Å². The van der Waals surface area contributed by atoms with Crippen LogP contribution in [0.4, 0.5) is 0 Å². The Morgan fingerprint density at radius 2 is 1.86 bits per heavy atom. The number of aliphatic hydroxyl groups is 3. The van der Waals surface area contributed by atoms with E-state index in [1.807, 2.05) is 30.3 Å². The fraction of sp³-hybridized carbons (Fsp3) is 0.400. The fourth-order valence-electron chi connectivity index (χ4n) is 1.40. The molecule has 0 bridgehead atoms. The minimum Gasteiger partial charge on any atom is -0.460 e. The molecule has 116 valence electrons. The number of benzene rings is 1. The van der Waals surface area contributed by atoms with Gasteiger partial charge in [0.1, 0.15) is 18.8 Å². The first kappa shape index (κ1) is 17.3. The van der Waals surface area contributed by atoms with Gasteiger partial charge in [-0.3, -0.25) is 0 Å². The van der Waals surface area contributed by atoms with Crippen molar-refractivity contribution in [2.24, 2.45) is 0 Å². The molecule has 0 spiro atoms. The number of hydrogen-bond acceptors (Lipinski definition) is 6. The van der Waals surface area contributed by atoms with Crippen molar-refractivity contribution in [2.45, 2.75) is 12.2 Å². The molecule has 0 aliphatic carbocycles. The molecule has 3 N–H and O–H groups in total. The molecule has 0 saturated heterocycles. The summed E-state index contributed by atoms with van der Waals surface area (Å²) >= 11 is 0. The second kappa shape index (κ2) is 10.1. The van der Waals surface area contributed by atoms with Crippen LogP contribution in [-0.4, -0.2) is 59.9 Å². The normalized spacial score (nSPS) is 14.0. The molecule has 0 saturated carbocycles. The van der Waals surface area contributed by atoms with E-state index in [1.165, 1.54) is 6.08 Å². The maximum atomic E-state index is 11.5. The average molecular weight is 296 g/mol. The Balaban J connectivity index is 2.32. The quantitative estimate of drug-likeness (QED) is 0.437. The van der Waals surface area contributed by atoms with Crippen LogP contribution >= 0.6 is 0 Å². The summed E-state index contributed by atoms with van der Waals surface area (Å²) in [5.74, 6) is -0.552. The van der Waals surface area contributed by atoms with Gasteiger partial charge in [0.2, 0.25) is 0 Å². The Hall–Kier alpha value is -1.73. The van der Waals surface area contributed by atoms with Gasteiger partial charge in [0.05, 0.1) is 19.8 Å². The van der Waals surface area contributed by atoms with Crippen molar-refractivity contribution >= 4 is 12.0 Å². The van der Waals surface area contributed by atoms with Crippen LogP contribution in [-0.2, 0) is 14.3 Å². The lowest BCUT2D eigenvalue weighted by Gasteiger charge is -2.16. The minimum atomic E-state index is -1.02. The van der Waals surface area contributed by atoms with Crippen LogP contribution in [0.2, 0.25) is 0 Å². The van der Waals surface area contributed by atoms with Crippen molar-refractivity contribution < 1.29 is 29.6 Å². The first-order valence-corrected chi connectivity index (χ1v) is 6.57. The molecule has 1 aromatic rings. The van der Waals surface area contributed by atoms with Crippen LogP contribution in [0.1, 0.15) is 5.56 Å². The Morgan fingerprint density at radius 3 is 2.48 bits per heavy atom. The Kier molecular flexibility index (Phi) is 8.30. The standard InChI is InChI=1S/C15H20O6/c16-8-13(18)10-20-14(9-17)11-21-15(19)7-6-12-4-2-1-3-5-12/h1-7,13-14,16-18H,8-11H2. The zero-order chi connectivity index (χ0) is 15.5. The number of aliphatic hydroxyl groups excluding tert-OH is 3. The van der Waals surface area contributed by atoms with Gasteiger partial charge in [-0.2, -0.15) is 0 Å². The van der Waals surface area contributed by atoms with Crippen LogP contribution < -0.4 is 0 Å². The zero-order valence-corrected chi connectivity index (χ0v) is 11.6. The highest BCUT2D eigenvalue weighted by Crippen LogP contribution is 2.02. The number of esters is 1. The summed E-state index contributed by atoms with van der Waals surface area (Å²) in [6.45, 7) is -1.06. The molecule has 0 fully saturated rings. The van der Waals surface area contributed by atoms with E-state index in [1.54, 1.807) is 6.08 Å². The molecule has 1 aromatic carbocycles. The van der Waals surface area contributed by atoms with Crippen LogP contribution in [0.5, 0.6) is 0 Å². The van der Waals surface area contributed by atoms with Gasteiger partial charge in [0, 0.05) is 6.08 Å². The highest BCUT2D eigenvalue weighted by atomic mass is 16.6. The third kappa shape index (κ3) is 7.57. The Morgan fingerprint density at radius 1 is 1.14 bits per heavy atom. The summed E-state index contributed by atoms with van der Waals surface area (Å²) in [4.78, 5) is 11.5. The van der Waals surface area contributed by atoms with E-state index in [2.05, 4.69) is 0 Å². The first-order chi connectivity index (χ1) is 10.2. The molecule has 6 nitrogen and oxygen atoms in total. The number of rotatable bonds is 9. The maximum Gasteiger partial charge on any atom is 0.330 e. The Labute approximate surface area is 123 Å². The molecule has 1 rings (SSSR count). The molecule has 6 heteroatoms. The van der Waals surface area contributed by atoms with Gasteiger partial charge in [-0.05, 0) is 11.6 Å². The van der Waals surface area contributed by atoms with Crippen LogP contribution in [0, 0.1) is 0 Å². The van der Waals surface area contributed by atoms with E-state index in [0.29, 0.717) is 0 Å². The number of carbonyl (C=O) groups excluding carboxylic acids is 1. The smallest absolute Gasteiger partial charge is 0.330 e. The topological polar surface area (TPSA) is 96.2 Å². The van der Waals surface area contributed by atoms with Gasteiger partial charge in [-0.15, -0.1) is 0 Å². The summed E-state index contributed by atoms with van der Waals surface area (Å²) in [5, 5.41) is 26.8. The molecule has 0 aliphatic rings. The van der Waals surface area contributed by atoms with E-state index in [0.717, 1.165) is 5.56 Å². The lowest BCUT2D eigenvalue weighted by Crippen LogP contribution is -2.30. The van der Waals surface area contributed by atoms with E-state index in [9.17, 15) is 4.79 Å². The summed E-state index contributed by atoms with van der Waals surface area (Å²) in [6.07, 6.45) is 1.15. The molecule has 0 aliphatic heterocycles. The predicted octanol–water partition coefficient (Wildman–Crippen LogP) is -0.0263. The van der Waals surface area contributed by atoms with Crippen molar-refractivity contribution in [3.63, 3.8) is 0 Å². The molecule has 0 amide bonds. The lowest BCUT2D eigenvalue weighted by molar-refractivity contribution is -0.144. The second-order valence-corrected chi connectivity index (χ2v) is 4.35. The van der Waals surface area contributed by atoms with Crippen molar-refractivity contribution in [1.29, 1.82) is 0 Å². The molecular weight excluding hydrogens is 276 g/mol. The van der Waals surface area contributed by atoms with Crippen molar-refractivity contribution in [3.05, 3.63) is 42.0 Å². The zero-order valence-electron chi connectivity index (χ0n) is 11.6. The van der Waals surface area contributed by atoms with Crippen LogP contribution in [0.25, 0.3) is 6.08 Å². The molecular formula is C15H20O6. The van der Waals surface area contributed by atoms with Gasteiger partial charge < -0.3 is 24.8 Å². The summed E-state index contributed by atoms with van der Waals surface area (Å²) in [7, 11) is 0. The monoisotopic (exact) mass is 296 g/mol. The van der Waals surface area contributed by atoms with E-state index in [-0.39, 0.29) is 19.8 Å². The van der Waals surface area contributed by atoms with Crippen LogP contribution in [0.15, 0.2) is 36.4 Å². The van der Waals surface area contributed by atoms with E-state index < -0.39 is 24.8 Å². The largest absolute Gasteiger partial charge is 0.460 e. The fourth-order valence-corrected chi connectivity index (χ4v) is 1.40. The SMILES string of the molecule is O=C(C=Cc1ccccc1)OCC(CO)OCC(O)CO. The van der Waals surface area contributed by atoms with Gasteiger partial charge in [0.15, 0.2) is 0 Å². The van der Waals surface area contributed by atoms with Crippen molar-refractivity contribution in [2.75, 3.05) is 26.4 Å². The minimum absolute atomic E-state index is 0.132. The highest BCUT2D eigenvalue weighted by Gasteiger charge is 2.12. The molecule has 2 unspecified atom stereocenters. The Bertz CT molecular complexity index is 431. The van der Waals surface area contributed by atoms with Crippen molar-refractivity contribution in [1.82, 2.24) is 0 Å². The molecule has 21 heavy (non-hydrogen) atoms. The summed E-state index contributed by atoms with van der Waals surface area (Å²) in [5.41, 5.74) is 0.871. The van der Waals surface area contributed by atoms with Crippen molar-refractivity contribution in [3.8, 4) is 0 Å². The second-order valence-electron chi connectivity index (χ2n) is 4.35. The van der Waals surface area contributed by atoms with Crippen LogP contribution in [0.3, 0.4) is 0 Å². The molecule has 0 heterocycles. The van der Waals surface area contributed by atoms with E-state index in [4.69, 9.17) is 24.8 Å². The number of hydrogen-bond donors (Lipinski definition) is 3. The van der Waals surface area contributed by atoms with Gasteiger partial charge in [-0.25, -0.2) is 4.79 Å². The number of ether oxygens (including phenoxy) is 2. The third-order valence-electron chi connectivity index (χ3n) is 2.56. The van der Waals surface area contributed by atoms with Gasteiger partial charge >= 0.3 is 5.97 Å². The van der Waals surface area contributed by atoms with E-state index >= 15 is 0 Å². The molecule has 2 atom stereocenters.